The molecular formula is C22H20N2O2. The van der Waals surface area contributed by atoms with Gasteiger partial charge in [-0.25, -0.2) is 0 Å². The first-order valence-electron chi connectivity index (χ1n) is 8.60. The highest BCUT2D eigenvalue weighted by Crippen LogP contribution is 2.36. The fourth-order valence-electron chi connectivity index (χ4n) is 3.24. The molecule has 3 aromatic rings. The molecule has 3 aromatic carbocycles. The normalized spacial score (nSPS) is 16.0. The van der Waals surface area contributed by atoms with Crippen LogP contribution in [-0.2, 0) is 0 Å². The maximum absolute atomic E-state index is 10.3. The molecule has 4 heteroatoms. The van der Waals surface area contributed by atoms with Crippen LogP contribution in [0.3, 0.4) is 0 Å². The molecule has 0 saturated heterocycles. The lowest BCUT2D eigenvalue weighted by atomic mass is 9.97. The van der Waals surface area contributed by atoms with Gasteiger partial charge in [0.25, 0.3) is 0 Å². The molecule has 0 fully saturated rings. The summed E-state index contributed by atoms with van der Waals surface area (Å²) in [6, 6.07) is 23.4. The number of phenols is 1. The van der Waals surface area contributed by atoms with Gasteiger partial charge in [-0.1, -0.05) is 36.4 Å². The first-order chi connectivity index (χ1) is 12.7. The molecule has 0 aliphatic carbocycles. The van der Waals surface area contributed by atoms with E-state index in [4.69, 9.17) is 9.73 Å². The Labute approximate surface area is 152 Å². The molecule has 0 saturated carbocycles. The highest BCUT2D eigenvalue weighted by atomic mass is 16.5. The molecule has 0 amide bonds. The maximum atomic E-state index is 10.3. The molecule has 2 N–H and O–H groups in total. The number of phenolic OH excluding ortho intramolecular Hbond substituents is 1. The van der Waals surface area contributed by atoms with Crippen LogP contribution in [0.25, 0.3) is 0 Å². The summed E-state index contributed by atoms with van der Waals surface area (Å²) >= 11 is 0. The molecule has 1 unspecified atom stereocenters. The lowest BCUT2D eigenvalue weighted by Gasteiger charge is -2.20. The number of rotatable bonds is 3. The predicted molar refractivity (Wildman–Crippen MR) is 105 cm³/mol. The summed E-state index contributed by atoms with van der Waals surface area (Å²) in [6.07, 6.45) is 0.665. The fourth-order valence-corrected chi connectivity index (χ4v) is 3.24. The minimum atomic E-state index is 0.0444. The van der Waals surface area contributed by atoms with E-state index >= 15 is 0 Å². The Bertz CT molecular complexity index is 948. The summed E-state index contributed by atoms with van der Waals surface area (Å²) in [5, 5.41) is 13.9. The highest BCUT2D eigenvalue weighted by Gasteiger charge is 2.22. The van der Waals surface area contributed by atoms with Crippen LogP contribution in [0.5, 0.6) is 11.5 Å². The lowest BCUT2D eigenvalue weighted by Crippen LogP contribution is -2.14. The van der Waals surface area contributed by atoms with Crippen LogP contribution in [-0.4, -0.2) is 17.9 Å². The number of para-hydroxylation sites is 3. The first-order valence-corrected chi connectivity index (χ1v) is 8.60. The third kappa shape index (κ3) is 3.14. The Balaban J connectivity index is 1.78. The van der Waals surface area contributed by atoms with Gasteiger partial charge in [-0.15, -0.1) is 0 Å². The van der Waals surface area contributed by atoms with Crippen molar-refractivity contribution in [3.05, 3.63) is 83.9 Å². The number of aliphatic imine (C=N–C) groups is 1. The van der Waals surface area contributed by atoms with Gasteiger partial charge in [0.2, 0.25) is 0 Å². The predicted octanol–water partition coefficient (Wildman–Crippen LogP) is 5.08. The van der Waals surface area contributed by atoms with Crippen LogP contribution in [0.15, 0.2) is 77.8 Å². The fraction of sp³-hybridized carbons (Fsp3) is 0.136. The van der Waals surface area contributed by atoms with Crippen molar-refractivity contribution in [3.8, 4) is 11.5 Å². The van der Waals surface area contributed by atoms with E-state index in [0.29, 0.717) is 6.42 Å². The van der Waals surface area contributed by atoms with Gasteiger partial charge >= 0.3 is 0 Å². The van der Waals surface area contributed by atoms with Crippen molar-refractivity contribution in [2.45, 2.75) is 12.5 Å². The quantitative estimate of drug-likeness (QED) is 0.697. The van der Waals surface area contributed by atoms with E-state index in [9.17, 15) is 5.11 Å². The standard InChI is InChI=1S/C22H20N2O2/c1-26-16-12-10-15(11-13-16)20-14-21(17-6-2-5-9-22(17)25)24-19-8-4-3-7-18(19)23-20/h2-13,20,23,25H,14H2,1H3. The lowest BCUT2D eigenvalue weighted by molar-refractivity contribution is 0.414. The Morgan fingerprint density at radius 3 is 2.46 bits per heavy atom. The third-order valence-corrected chi connectivity index (χ3v) is 4.62. The molecule has 26 heavy (non-hydrogen) atoms. The Morgan fingerprint density at radius 1 is 0.962 bits per heavy atom. The molecule has 1 heterocycles. The molecule has 4 nitrogen and oxygen atoms in total. The number of hydrogen-bond donors (Lipinski definition) is 2. The highest BCUT2D eigenvalue weighted by molar-refractivity contribution is 6.05. The van der Waals surface area contributed by atoms with E-state index in [1.54, 1.807) is 13.2 Å². The molecule has 0 spiro atoms. The van der Waals surface area contributed by atoms with E-state index < -0.39 is 0 Å². The van der Waals surface area contributed by atoms with Crippen LogP contribution in [0, 0.1) is 0 Å². The summed E-state index contributed by atoms with van der Waals surface area (Å²) in [4.78, 5) is 4.85. The molecule has 0 bridgehead atoms. The smallest absolute Gasteiger partial charge is 0.124 e. The van der Waals surface area contributed by atoms with Crippen LogP contribution < -0.4 is 10.1 Å². The van der Waals surface area contributed by atoms with Gasteiger partial charge in [-0.05, 0) is 42.0 Å². The van der Waals surface area contributed by atoms with Crippen molar-refractivity contribution < 1.29 is 9.84 Å². The van der Waals surface area contributed by atoms with Crippen LogP contribution in [0.4, 0.5) is 11.4 Å². The second-order valence-corrected chi connectivity index (χ2v) is 6.27. The summed E-state index contributed by atoms with van der Waals surface area (Å²) in [7, 11) is 1.66. The third-order valence-electron chi connectivity index (χ3n) is 4.62. The van der Waals surface area contributed by atoms with Gasteiger partial charge in [0.15, 0.2) is 0 Å². The van der Waals surface area contributed by atoms with Crippen molar-refractivity contribution in [1.29, 1.82) is 0 Å². The van der Waals surface area contributed by atoms with Crippen LogP contribution in [0.1, 0.15) is 23.6 Å². The zero-order valence-corrected chi connectivity index (χ0v) is 14.5. The SMILES string of the molecule is COc1ccc(C2CC(c3ccccc3O)=Nc3ccccc3N2)cc1. The van der Waals surface area contributed by atoms with Gasteiger partial charge in [0.1, 0.15) is 11.5 Å². The van der Waals surface area contributed by atoms with Gasteiger partial charge in [-0.3, -0.25) is 4.99 Å². The minimum absolute atomic E-state index is 0.0444. The van der Waals surface area contributed by atoms with E-state index in [2.05, 4.69) is 17.4 Å². The number of nitrogens with zero attached hydrogens (tertiary/aromatic N) is 1. The van der Waals surface area contributed by atoms with Crippen molar-refractivity contribution in [3.63, 3.8) is 0 Å². The maximum Gasteiger partial charge on any atom is 0.124 e. The summed E-state index contributed by atoms with van der Waals surface area (Å²) < 4.78 is 5.27. The molecular weight excluding hydrogens is 324 g/mol. The minimum Gasteiger partial charge on any atom is -0.507 e. The molecule has 0 aromatic heterocycles. The zero-order valence-electron chi connectivity index (χ0n) is 14.5. The van der Waals surface area contributed by atoms with Crippen LogP contribution in [0.2, 0.25) is 0 Å². The number of hydrogen-bond acceptors (Lipinski definition) is 4. The summed E-state index contributed by atoms with van der Waals surface area (Å²) in [5.41, 5.74) is 4.64. The zero-order chi connectivity index (χ0) is 17.9. The molecule has 4 rings (SSSR count). The Kier molecular flexibility index (Phi) is 4.32. The van der Waals surface area contributed by atoms with E-state index in [-0.39, 0.29) is 11.8 Å². The second-order valence-electron chi connectivity index (χ2n) is 6.27. The van der Waals surface area contributed by atoms with Gasteiger partial charge in [0, 0.05) is 12.0 Å². The number of nitrogens with one attached hydrogen (secondary N) is 1. The Morgan fingerprint density at radius 2 is 1.69 bits per heavy atom. The molecule has 1 aliphatic heterocycles. The van der Waals surface area contributed by atoms with E-state index in [1.165, 1.54) is 0 Å². The van der Waals surface area contributed by atoms with Gasteiger partial charge in [-0.2, -0.15) is 0 Å². The number of anilines is 1. The molecule has 1 aliphatic rings. The number of methoxy groups -OCH3 is 1. The van der Waals surface area contributed by atoms with Gasteiger partial charge < -0.3 is 15.2 Å². The molecule has 130 valence electrons. The first kappa shape index (κ1) is 16.2. The number of benzene rings is 3. The second kappa shape index (κ2) is 6.92. The molecule has 1 atom stereocenters. The monoisotopic (exact) mass is 344 g/mol. The average Bonchev–Trinajstić information content (AvgIpc) is 2.88. The van der Waals surface area contributed by atoms with Gasteiger partial charge in [0.05, 0.1) is 30.2 Å². The average molecular weight is 344 g/mol. The van der Waals surface area contributed by atoms with Crippen molar-refractivity contribution in [1.82, 2.24) is 0 Å². The molecule has 0 radical (unpaired) electrons. The number of fused-ring (bicyclic) bond motifs is 1. The largest absolute Gasteiger partial charge is 0.507 e. The Hall–Kier alpha value is -3.27. The van der Waals surface area contributed by atoms with E-state index in [1.807, 2.05) is 54.6 Å². The van der Waals surface area contributed by atoms with Crippen molar-refractivity contribution >= 4 is 17.1 Å². The van der Waals surface area contributed by atoms with Crippen molar-refractivity contribution in [2.75, 3.05) is 12.4 Å². The van der Waals surface area contributed by atoms with Crippen molar-refractivity contribution in [2.24, 2.45) is 4.99 Å². The van der Waals surface area contributed by atoms with E-state index in [0.717, 1.165) is 34.0 Å². The topological polar surface area (TPSA) is 53.9 Å². The number of ether oxygens (including phenoxy) is 1. The summed E-state index contributed by atoms with van der Waals surface area (Å²) in [6.45, 7) is 0. The summed E-state index contributed by atoms with van der Waals surface area (Å²) in [5.74, 6) is 1.08. The number of aromatic hydroxyl groups is 1. The van der Waals surface area contributed by atoms with Crippen LogP contribution >= 0.6 is 0 Å².